The van der Waals surface area contributed by atoms with E-state index in [1.165, 1.54) is 0 Å². The number of hydrogen-bond acceptors (Lipinski definition) is 4. The van der Waals surface area contributed by atoms with E-state index in [1.54, 1.807) is 24.3 Å². The molecule has 0 atom stereocenters. The molecule has 0 spiro atoms. The molecular formula is C30H28O4. The molecule has 4 nitrogen and oxygen atoms in total. The van der Waals surface area contributed by atoms with Gasteiger partial charge in [0.1, 0.15) is 23.0 Å². The first-order valence-electron chi connectivity index (χ1n) is 11.7. The molecule has 1 saturated carbocycles. The third-order valence-electron chi connectivity index (χ3n) is 7.18. The van der Waals surface area contributed by atoms with Gasteiger partial charge in [-0.2, -0.15) is 0 Å². The smallest absolute Gasteiger partial charge is 0.131 e. The molecule has 172 valence electrons. The Morgan fingerprint density at radius 1 is 0.471 bits per heavy atom. The van der Waals surface area contributed by atoms with E-state index >= 15 is 0 Å². The third-order valence-corrected chi connectivity index (χ3v) is 7.18. The van der Waals surface area contributed by atoms with Crippen LogP contribution in [0.2, 0.25) is 0 Å². The lowest BCUT2D eigenvalue weighted by atomic mass is 9.64. The van der Waals surface area contributed by atoms with Crippen molar-refractivity contribution in [2.75, 3.05) is 0 Å². The zero-order valence-electron chi connectivity index (χ0n) is 18.9. The highest BCUT2D eigenvalue weighted by Crippen LogP contribution is 2.55. The van der Waals surface area contributed by atoms with Crippen LogP contribution < -0.4 is 0 Å². The first-order chi connectivity index (χ1) is 16.5. The summed E-state index contributed by atoms with van der Waals surface area (Å²) in [4.78, 5) is 0. The van der Waals surface area contributed by atoms with Crippen LogP contribution in [0, 0.1) is 0 Å². The van der Waals surface area contributed by atoms with Crippen LogP contribution in [0.15, 0.2) is 84.9 Å². The fourth-order valence-electron chi connectivity index (χ4n) is 5.55. The van der Waals surface area contributed by atoms with E-state index in [0.29, 0.717) is 22.3 Å². The van der Waals surface area contributed by atoms with Crippen LogP contribution in [0.25, 0.3) is 22.3 Å². The van der Waals surface area contributed by atoms with Crippen LogP contribution in [-0.2, 0) is 5.41 Å². The minimum atomic E-state index is -0.652. The molecule has 1 aliphatic carbocycles. The molecule has 34 heavy (non-hydrogen) atoms. The van der Waals surface area contributed by atoms with Crippen molar-refractivity contribution in [3.63, 3.8) is 0 Å². The predicted molar refractivity (Wildman–Crippen MR) is 134 cm³/mol. The largest absolute Gasteiger partial charge is 0.507 e. The molecular weight excluding hydrogens is 424 g/mol. The molecule has 0 amide bonds. The van der Waals surface area contributed by atoms with E-state index in [-0.39, 0.29) is 23.0 Å². The standard InChI is InChI=1S/C30H28O4/c31-24-16-14-22(28(33)26(24)20-10-4-1-5-11-20)30(18-8-3-9-19-30)23-15-17-25(32)27(29(23)34)21-12-6-2-7-13-21/h1-2,4-7,10-17,31-34H,3,8-9,18-19H2. The van der Waals surface area contributed by atoms with Crippen molar-refractivity contribution >= 4 is 0 Å². The molecule has 4 aromatic rings. The molecule has 0 aromatic heterocycles. The van der Waals surface area contributed by atoms with Gasteiger partial charge in [-0.1, -0.05) is 92.1 Å². The van der Waals surface area contributed by atoms with Crippen molar-refractivity contribution in [1.82, 2.24) is 0 Å². The van der Waals surface area contributed by atoms with Gasteiger partial charge < -0.3 is 20.4 Å². The highest BCUT2D eigenvalue weighted by molar-refractivity contribution is 5.81. The molecule has 0 unspecified atom stereocenters. The van der Waals surface area contributed by atoms with Crippen molar-refractivity contribution in [3.8, 4) is 45.3 Å². The van der Waals surface area contributed by atoms with E-state index < -0.39 is 5.41 Å². The topological polar surface area (TPSA) is 80.9 Å². The molecule has 0 radical (unpaired) electrons. The van der Waals surface area contributed by atoms with E-state index in [2.05, 4.69) is 0 Å². The second-order valence-electron chi connectivity index (χ2n) is 9.09. The van der Waals surface area contributed by atoms with Crippen molar-refractivity contribution in [1.29, 1.82) is 0 Å². The summed E-state index contributed by atoms with van der Waals surface area (Å²) in [6, 6.07) is 25.5. The fraction of sp³-hybridized carbons (Fsp3) is 0.200. The summed E-state index contributed by atoms with van der Waals surface area (Å²) in [6.07, 6.45) is 4.46. The quantitative estimate of drug-likeness (QED) is 0.266. The average molecular weight is 453 g/mol. The van der Waals surface area contributed by atoms with Gasteiger partial charge in [0.2, 0.25) is 0 Å². The van der Waals surface area contributed by atoms with Crippen LogP contribution in [-0.4, -0.2) is 20.4 Å². The third kappa shape index (κ3) is 3.56. The van der Waals surface area contributed by atoms with Gasteiger partial charge in [-0.3, -0.25) is 0 Å². The van der Waals surface area contributed by atoms with Crippen LogP contribution >= 0.6 is 0 Å². The zero-order chi connectivity index (χ0) is 23.7. The Bertz CT molecular complexity index is 1210. The van der Waals surface area contributed by atoms with Gasteiger partial charge in [0.15, 0.2) is 0 Å². The summed E-state index contributed by atoms with van der Waals surface area (Å²) < 4.78 is 0. The predicted octanol–water partition coefficient (Wildman–Crippen LogP) is 7.09. The van der Waals surface area contributed by atoms with Gasteiger partial charge in [-0.05, 0) is 36.1 Å². The first-order valence-corrected chi connectivity index (χ1v) is 11.7. The molecule has 0 bridgehead atoms. The monoisotopic (exact) mass is 452 g/mol. The minimum absolute atomic E-state index is 0.0123. The number of hydrogen-bond donors (Lipinski definition) is 4. The zero-order valence-corrected chi connectivity index (χ0v) is 18.9. The summed E-state index contributed by atoms with van der Waals surface area (Å²) in [5, 5.41) is 44.4. The highest BCUT2D eigenvalue weighted by Gasteiger charge is 2.41. The van der Waals surface area contributed by atoms with Crippen LogP contribution in [0.5, 0.6) is 23.0 Å². The second-order valence-corrected chi connectivity index (χ2v) is 9.09. The Balaban J connectivity index is 1.76. The number of aromatic hydroxyl groups is 4. The summed E-state index contributed by atoms with van der Waals surface area (Å²) >= 11 is 0. The van der Waals surface area contributed by atoms with Crippen molar-refractivity contribution in [2.24, 2.45) is 0 Å². The lowest BCUT2D eigenvalue weighted by molar-refractivity contribution is 0.320. The first kappa shape index (κ1) is 21.9. The van der Waals surface area contributed by atoms with Gasteiger partial charge in [0.05, 0.1) is 11.1 Å². The Morgan fingerprint density at radius 3 is 1.29 bits per heavy atom. The lowest BCUT2D eigenvalue weighted by Gasteiger charge is -2.40. The van der Waals surface area contributed by atoms with E-state index in [4.69, 9.17) is 0 Å². The molecule has 5 rings (SSSR count). The second kappa shape index (κ2) is 8.79. The maximum absolute atomic E-state index is 11.5. The van der Waals surface area contributed by atoms with Gasteiger partial charge in [-0.25, -0.2) is 0 Å². The SMILES string of the molecule is Oc1ccc(C2(c3ccc(O)c(-c4ccccc4)c3O)CCCCC2)c(O)c1-c1ccccc1. The van der Waals surface area contributed by atoms with Crippen LogP contribution in [0.3, 0.4) is 0 Å². The highest BCUT2D eigenvalue weighted by atomic mass is 16.3. The number of rotatable bonds is 4. The average Bonchev–Trinajstić information content (AvgIpc) is 2.86. The summed E-state index contributed by atoms with van der Waals surface area (Å²) in [5.41, 5.74) is 2.96. The van der Waals surface area contributed by atoms with Crippen LogP contribution in [0.4, 0.5) is 0 Å². The lowest BCUT2D eigenvalue weighted by Crippen LogP contribution is -2.31. The van der Waals surface area contributed by atoms with E-state index in [1.807, 2.05) is 60.7 Å². The molecule has 1 aliphatic rings. The number of phenolic OH excluding ortho intramolecular Hbond substituents is 4. The Hall–Kier alpha value is -3.92. The van der Waals surface area contributed by atoms with Gasteiger partial charge in [-0.15, -0.1) is 0 Å². The van der Waals surface area contributed by atoms with Crippen molar-refractivity contribution in [2.45, 2.75) is 37.5 Å². The van der Waals surface area contributed by atoms with Gasteiger partial charge >= 0.3 is 0 Å². The Kier molecular flexibility index (Phi) is 5.66. The number of phenols is 4. The van der Waals surface area contributed by atoms with Gasteiger partial charge in [0.25, 0.3) is 0 Å². The minimum Gasteiger partial charge on any atom is -0.507 e. The molecule has 0 aliphatic heterocycles. The van der Waals surface area contributed by atoms with Crippen molar-refractivity contribution in [3.05, 3.63) is 96.1 Å². The Morgan fingerprint density at radius 2 is 0.882 bits per heavy atom. The number of benzene rings is 4. The Labute approximate surface area is 199 Å². The van der Waals surface area contributed by atoms with Crippen LogP contribution in [0.1, 0.15) is 43.2 Å². The van der Waals surface area contributed by atoms with Gasteiger partial charge in [0, 0.05) is 16.5 Å². The van der Waals surface area contributed by atoms with E-state index in [0.717, 1.165) is 43.2 Å². The summed E-state index contributed by atoms with van der Waals surface area (Å²) in [7, 11) is 0. The molecule has 1 fully saturated rings. The molecule has 0 heterocycles. The molecule has 4 N–H and O–H groups in total. The fourth-order valence-corrected chi connectivity index (χ4v) is 5.55. The molecule has 4 aromatic carbocycles. The normalized spacial score (nSPS) is 15.2. The van der Waals surface area contributed by atoms with Crippen molar-refractivity contribution < 1.29 is 20.4 Å². The molecule has 0 saturated heterocycles. The molecule has 4 heteroatoms. The van der Waals surface area contributed by atoms with E-state index in [9.17, 15) is 20.4 Å². The maximum Gasteiger partial charge on any atom is 0.131 e. The summed E-state index contributed by atoms with van der Waals surface area (Å²) in [5.74, 6) is 0.0836. The maximum atomic E-state index is 11.5. The summed E-state index contributed by atoms with van der Waals surface area (Å²) in [6.45, 7) is 0.